The third-order valence-corrected chi connectivity index (χ3v) is 3.52. The Morgan fingerprint density at radius 2 is 2.00 bits per heavy atom. The molecule has 2 N–H and O–H groups in total. The predicted molar refractivity (Wildman–Crippen MR) is 94.1 cm³/mol. The fraction of sp³-hybridized carbons (Fsp3) is 0.158. The first-order chi connectivity index (χ1) is 11.6. The van der Waals surface area contributed by atoms with Crippen molar-refractivity contribution in [2.75, 3.05) is 11.9 Å². The second-order valence-corrected chi connectivity index (χ2v) is 5.62. The normalized spacial score (nSPS) is 10.4. The lowest BCUT2D eigenvalue weighted by Gasteiger charge is -2.09. The number of carbonyl (C=O) groups excluding carboxylic acids is 1. The molecule has 3 aromatic rings. The fourth-order valence-electron chi connectivity index (χ4n) is 2.38. The molecule has 0 bridgehead atoms. The molecule has 0 aliphatic carbocycles. The highest BCUT2D eigenvalue weighted by Crippen LogP contribution is 2.21. The van der Waals surface area contributed by atoms with Crippen LogP contribution in [0.3, 0.4) is 0 Å². The van der Waals surface area contributed by atoms with E-state index in [1.807, 2.05) is 62.4 Å². The maximum absolute atomic E-state index is 12.1. The first-order valence-corrected chi connectivity index (χ1v) is 7.71. The van der Waals surface area contributed by atoms with E-state index in [9.17, 15) is 4.79 Å². The molecular formula is C19H19N3O2. The average molecular weight is 321 g/mol. The molecule has 1 amide bonds. The maximum atomic E-state index is 12.1. The van der Waals surface area contributed by atoms with E-state index in [0.717, 1.165) is 28.3 Å². The molecule has 0 radical (unpaired) electrons. The third-order valence-electron chi connectivity index (χ3n) is 3.52. The Kier molecular flexibility index (Phi) is 4.61. The molecule has 0 atom stereocenters. The van der Waals surface area contributed by atoms with Gasteiger partial charge < -0.3 is 15.0 Å². The van der Waals surface area contributed by atoms with Gasteiger partial charge in [0.15, 0.2) is 6.61 Å². The highest BCUT2D eigenvalue weighted by molar-refractivity contribution is 5.92. The van der Waals surface area contributed by atoms with E-state index < -0.39 is 0 Å². The first kappa shape index (κ1) is 15.8. The van der Waals surface area contributed by atoms with Gasteiger partial charge >= 0.3 is 0 Å². The molecular weight excluding hydrogens is 302 g/mol. The second-order valence-electron chi connectivity index (χ2n) is 5.62. The van der Waals surface area contributed by atoms with Crippen LogP contribution in [0.5, 0.6) is 5.75 Å². The standard InChI is InChI=1S/C19H19N3O2/c1-13-5-3-8-17(9-13)24-12-19(23)22-16-7-4-6-15(10-16)18-11-20-14(2)21-18/h3-11H,12H2,1-2H3,(H,20,21)(H,22,23). The van der Waals surface area contributed by atoms with Crippen LogP contribution in [-0.4, -0.2) is 22.5 Å². The largest absolute Gasteiger partial charge is 0.484 e. The minimum Gasteiger partial charge on any atom is -0.484 e. The van der Waals surface area contributed by atoms with Gasteiger partial charge in [0.2, 0.25) is 0 Å². The van der Waals surface area contributed by atoms with Crippen molar-refractivity contribution in [3.63, 3.8) is 0 Å². The summed E-state index contributed by atoms with van der Waals surface area (Å²) in [6.45, 7) is 3.85. The summed E-state index contributed by atoms with van der Waals surface area (Å²) < 4.78 is 5.51. The number of hydrogen-bond donors (Lipinski definition) is 2. The van der Waals surface area contributed by atoms with Crippen LogP contribution >= 0.6 is 0 Å². The molecule has 0 saturated carbocycles. The van der Waals surface area contributed by atoms with Crippen molar-refractivity contribution in [2.45, 2.75) is 13.8 Å². The molecule has 2 aromatic carbocycles. The van der Waals surface area contributed by atoms with Crippen LogP contribution in [0, 0.1) is 13.8 Å². The number of imidazole rings is 1. The van der Waals surface area contributed by atoms with Crippen LogP contribution in [0.2, 0.25) is 0 Å². The van der Waals surface area contributed by atoms with Crippen LogP contribution in [0.1, 0.15) is 11.4 Å². The van der Waals surface area contributed by atoms with Gasteiger partial charge in [-0.3, -0.25) is 4.79 Å². The van der Waals surface area contributed by atoms with Crippen molar-refractivity contribution in [2.24, 2.45) is 0 Å². The molecule has 122 valence electrons. The third kappa shape index (κ3) is 4.01. The topological polar surface area (TPSA) is 67.0 Å². The molecule has 1 aromatic heterocycles. The summed E-state index contributed by atoms with van der Waals surface area (Å²) >= 11 is 0. The van der Waals surface area contributed by atoms with Gasteiger partial charge in [0, 0.05) is 11.3 Å². The SMILES string of the molecule is Cc1cccc(OCC(=O)Nc2cccc(-c3cnc(C)[nH]3)c2)c1. The van der Waals surface area contributed by atoms with E-state index in [2.05, 4.69) is 15.3 Å². The predicted octanol–water partition coefficient (Wildman–Crippen LogP) is 3.71. The van der Waals surface area contributed by atoms with Gasteiger partial charge in [0.1, 0.15) is 11.6 Å². The quantitative estimate of drug-likeness (QED) is 0.753. The van der Waals surface area contributed by atoms with Crippen LogP contribution in [-0.2, 0) is 4.79 Å². The van der Waals surface area contributed by atoms with Crippen molar-refractivity contribution >= 4 is 11.6 Å². The molecule has 0 saturated heterocycles. The number of aromatic nitrogens is 2. The van der Waals surface area contributed by atoms with Crippen LogP contribution in [0.25, 0.3) is 11.3 Å². The van der Waals surface area contributed by atoms with E-state index >= 15 is 0 Å². The molecule has 24 heavy (non-hydrogen) atoms. The summed E-state index contributed by atoms with van der Waals surface area (Å²) in [4.78, 5) is 19.4. The van der Waals surface area contributed by atoms with Gasteiger partial charge in [0.25, 0.3) is 5.91 Å². The monoisotopic (exact) mass is 321 g/mol. The van der Waals surface area contributed by atoms with Crippen molar-refractivity contribution in [1.29, 1.82) is 0 Å². The number of benzene rings is 2. The second kappa shape index (κ2) is 7.00. The summed E-state index contributed by atoms with van der Waals surface area (Å²) in [6.07, 6.45) is 1.77. The van der Waals surface area contributed by atoms with Gasteiger partial charge in [0.05, 0.1) is 11.9 Å². The van der Waals surface area contributed by atoms with E-state index in [-0.39, 0.29) is 12.5 Å². The Hall–Kier alpha value is -3.08. The number of aryl methyl sites for hydroxylation is 2. The average Bonchev–Trinajstić information content (AvgIpc) is 3.00. The lowest BCUT2D eigenvalue weighted by molar-refractivity contribution is -0.118. The summed E-state index contributed by atoms with van der Waals surface area (Å²) in [6, 6.07) is 15.2. The van der Waals surface area contributed by atoms with Gasteiger partial charge in [-0.15, -0.1) is 0 Å². The number of amides is 1. The Morgan fingerprint density at radius 3 is 2.75 bits per heavy atom. The Labute approximate surface area is 140 Å². The molecule has 5 nitrogen and oxygen atoms in total. The number of carbonyl (C=O) groups is 1. The zero-order chi connectivity index (χ0) is 16.9. The molecule has 3 rings (SSSR count). The number of H-pyrrole nitrogens is 1. The molecule has 0 fully saturated rings. The van der Waals surface area contributed by atoms with Crippen molar-refractivity contribution in [3.05, 3.63) is 66.1 Å². The minimum atomic E-state index is -0.200. The summed E-state index contributed by atoms with van der Waals surface area (Å²) in [7, 11) is 0. The zero-order valence-electron chi connectivity index (χ0n) is 13.7. The molecule has 5 heteroatoms. The molecule has 0 spiro atoms. The zero-order valence-corrected chi connectivity index (χ0v) is 13.7. The molecule has 0 unspecified atom stereocenters. The smallest absolute Gasteiger partial charge is 0.262 e. The maximum Gasteiger partial charge on any atom is 0.262 e. The first-order valence-electron chi connectivity index (χ1n) is 7.71. The number of anilines is 1. The summed E-state index contributed by atoms with van der Waals surface area (Å²) in [5.74, 6) is 1.34. The minimum absolute atomic E-state index is 0.0309. The summed E-state index contributed by atoms with van der Waals surface area (Å²) in [5, 5.41) is 2.85. The van der Waals surface area contributed by atoms with E-state index in [1.54, 1.807) is 6.20 Å². The Bertz CT molecular complexity index is 855. The number of rotatable bonds is 5. The van der Waals surface area contributed by atoms with Gasteiger partial charge in [-0.1, -0.05) is 24.3 Å². The summed E-state index contributed by atoms with van der Waals surface area (Å²) in [5.41, 5.74) is 3.70. The number of ether oxygens (including phenoxy) is 1. The van der Waals surface area contributed by atoms with Gasteiger partial charge in [-0.2, -0.15) is 0 Å². The van der Waals surface area contributed by atoms with Crippen LogP contribution in [0.4, 0.5) is 5.69 Å². The van der Waals surface area contributed by atoms with Crippen molar-refractivity contribution in [1.82, 2.24) is 9.97 Å². The Morgan fingerprint density at radius 1 is 1.17 bits per heavy atom. The number of nitrogens with one attached hydrogen (secondary N) is 2. The molecule has 0 aliphatic heterocycles. The lowest BCUT2D eigenvalue weighted by atomic mass is 10.1. The van der Waals surface area contributed by atoms with Crippen LogP contribution < -0.4 is 10.1 Å². The van der Waals surface area contributed by atoms with E-state index in [1.165, 1.54) is 0 Å². The number of hydrogen-bond acceptors (Lipinski definition) is 3. The van der Waals surface area contributed by atoms with Gasteiger partial charge in [-0.05, 0) is 43.7 Å². The number of aromatic amines is 1. The van der Waals surface area contributed by atoms with Gasteiger partial charge in [-0.25, -0.2) is 4.98 Å². The van der Waals surface area contributed by atoms with E-state index in [0.29, 0.717) is 5.75 Å². The number of nitrogens with zero attached hydrogens (tertiary/aromatic N) is 1. The molecule has 1 heterocycles. The van der Waals surface area contributed by atoms with Crippen molar-refractivity contribution in [3.8, 4) is 17.0 Å². The fourth-order valence-corrected chi connectivity index (χ4v) is 2.38. The highest BCUT2D eigenvalue weighted by Gasteiger charge is 2.06. The van der Waals surface area contributed by atoms with Crippen molar-refractivity contribution < 1.29 is 9.53 Å². The molecule has 0 aliphatic rings. The van der Waals surface area contributed by atoms with E-state index in [4.69, 9.17) is 4.74 Å². The lowest BCUT2D eigenvalue weighted by Crippen LogP contribution is -2.20. The van der Waals surface area contributed by atoms with Crippen LogP contribution in [0.15, 0.2) is 54.7 Å². The highest BCUT2D eigenvalue weighted by atomic mass is 16.5. The Balaban J connectivity index is 1.62.